The van der Waals surface area contributed by atoms with E-state index in [1.165, 1.54) is 6.07 Å². The van der Waals surface area contributed by atoms with Crippen molar-refractivity contribution in [3.63, 3.8) is 0 Å². The Morgan fingerprint density at radius 1 is 1.14 bits per heavy atom. The van der Waals surface area contributed by atoms with Crippen LogP contribution in [0.1, 0.15) is 16.7 Å². The number of halogens is 4. The van der Waals surface area contributed by atoms with E-state index >= 15 is 0 Å². The standard InChI is InChI=1S/C19H17ClF3N3O2/c20-14-7-3-6-13(19(21,22)23)17(14)25-16(27)10-26-9-12-5-2-1-4-11(12)8-15(26)18(24)28/h1-7,15H,8-10H2,(H2,24,28)(H,25,27)/t15-/m0/s1. The highest BCUT2D eigenvalue weighted by Crippen LogP contribution is 2.38. The third-order valence-electron chi connectivity index (χ3n) is 4.60. The molecule has 3 rings (SSSR count). The zero-order valence-corrected chi connectivity index (χ0v) is 15.3. The van der Waals surface area contributed by atoms with Gasteiger partial charge in [0.2, 0.25) is 11.8 Å². The van der Waals surface area contributed by atoms with Crippen molar-refractivity contribution in [2.75, 3.05) is 11.9 Å². The first-order chi connectivity index (χ1) is 13.2. The highest BCUT2D eigenvalue weighted by molar-refractivity contribution is 6.34. The summed E-state index contributed by atoms with van der Waals surface area (Å²) in [4.78, 5) is 25.8. The van der Waals surface area contributed by atoms with Gasteiger partial charge < -0.3 is 11.1 Å². The number of nitrogens with two attached hydrogens (primary N) is 1. The van der Waals surface area contributed by atoms with E-state index in [2.05, 4.69) is 5.32 Å². The van der Waals surface area contributed by atoms with Crippen LogP contribution in [0.25, 0.3) is 0 Å². The number of rotatable bonds is 4. The molecule has 0 spiro atoms. The summed E-state index contributed by atoms with van der Waals surface area (Å²) in [6, 6.07) is 9.95. The van der Waals surface area contributed by atoms with E-state index in [1.54, 1.807) is 4.90 Å². The molecule has 0 saturated heterocycles. The van der Waals surface area contributed by atoms with E-state index in [0.29, 0.717) is 6.42 Å². The van der Waals surface area contributed by atoms with Crippen LogP contribution < -0.4 is 11.1 Å². The predicted octanol–water partition coefficient (Wildman–Crippen LogP) is 3.21. The van der Waals surface area contributed by atoms with Crippen LogP contribution in [0.3, 0.4) is 0 Å². The van der Waals surface area contributed by atoms with Crippen LogP contribution in [0.4, 0.5) is 18.9 Å². The van der Waals surface area contributed by atoms with Gasteiger partial charge >= 0.3 is 6.18 Å². The van der Waals surface area contributed by atoms with Crippen LogP contribution in [0.5, 0.6) is 0 Å². The number of fused-ring (bicyclic) bond motifs is 1. The summed E-state index contributed by atoms with van der Waals surface area (Å²) in [7, 11) is 0. The van der Waals surface area contributed by atoms with Gasteiger partial charge in [0, 0.05) is 6.54 Å². The Balaban J connectivity index is 1.81. The maximum atomic E-state index is 13.2. The Morgan fingerprint density at radius 3 is 2.46 bits per heavy atom. The van der Waals surface area contributed by atoms with Crippen molar-refractivity contribution in [1.82, 2.24) is 4.90 Å². The van der Waals surface area contributed by atoms with Gasteiger partial charge in [0.15, 0.2) is 0 Å². The lowest BCUT2D eigenvalue weighted by Gasteiger charge is -2.34. The number of hydrogen-bond donors (Lipinski definition) is 2. The Labute approximate surface area is 164 Å². The van der Waals surface area contributed by atoms with E-state index < -0.39 is 35.3 Å². The summed E-state index contributed by atoms with van der Waals surface area (Å²) < 4.78 is 39.6. The van der Waals surface area contributed by atoms with Crippen LogP contribution in [0.2, 0.25) is 5.02 Å². The largest absolute Gasteiger partial charge is 0.418 e. The van der Waals surface area contributed by atoms with Gasteiger partial charge in [0.1, 0.15) is 0 Å². The number of benzene rings is 2. The number of carbonyl (C=O) groups excluding carboxylic acids is 2. The zero-order chi connectivity index (χ0) is 20.5. The topological polar surface area (TPSA) is 75.4 Å². The minimum atomic E-state index is -4.67. The van der Waals surface area contributed by atoms with E-state index in [9.17, 15) is 22.8 Å². The maximum absolute atomic E-state index is 13.2. The van der Waals surface area contributed by atoms with E-state index in [-0.39, 0.29) is 18.1 Å². The highest BCUT2D eigenvalue weighted by atomic mass is 35.5. The fourth-order valence-corrected chi connectivity index (χ4v) is 3.50. The Bertz CT molecular complexity index is 918. The Hall–Kier alpha value is -2.58. The smallest absolute Gasteiger partial charge is 0.368 e. The molecule has 1 aliphatic rings. The molecule has 0 fully saturated rings. The van der Waals surface area contributed by atoms with Crippen LogP contribution in [0.15, 0.2) is 42.5 Å². The number of alkyl halides is 3. The lowest BCUT2D eigenvalue weighted by atomic mass is 9.93. The van der Waals surface area contributed by atoms with Crippen LogP contribution in [0, 0.1) is 0 Å². The lowest BCUT2D eigenvalue weighted by molar-refractivity contribution is -0.137. The molecule has 1 aliphatic heterocycles. The molecule has 2 amide bonds. The van der Waals surface area contributed by atoms with Crippen LogP contribution >= 0.6 is 11.6 Å². The third-order valence-corrected chi connectivity index (χ3v) is 4.92. The lowest BCUT2D eigenvalue weighted by Crippen LogP contribution is -2.51. The molecule has 2 aromatic carbocycles. The van der Waals surface area contributed by atoms with Crippen molar-refractivity contribution in [2.24, 2.45) is 5.73 Å². The molecule has 0 aromatic heterocycles. The molecule has 9 heteroatoms. The quantitative estimate of drug-likeness (QED) is 0.811. The minimum Gasteiger partial charge on any atom is -0.368 e. The van der Waals surface area contributed by atoms with Crippen molar-refractivity contribution in [2.45, 2.75) is 25.2 Å². The second kappa shape index (κ2) is 7.81. The summed E-state index contributed by atoms with van der Waals surface area (Å²) in [5.41, 5.74) is 5.81. The highest BCUT2D eigenvalue weighted by Gasteiger charge is 2.36. The first kappa shape index (κ1) is 20.2. The van der Waals surface area contributed by atoms with Crippen molar-refractivity contribution in [1.29, 1.82) is 0 Å². The molecular weight excluding hydrogens is 395 g/mol. The van der Waals surface area contributed by atoms with Gasteiger partial charge in [-0.2, -0.15) is 13.2 Å². The van der Waals surface area contributed by atoms with Gasteiger partial charge in [-0.05, 0) is 29.7 Å². The van der Waals surface area contributed by atoms with Crippen molar-refractivity contribution in [3.8, 4) is 0 Å². The molecule has 1 atom stereocenters. The average molecular weight is 412 g/mol. The summed E-state index contributed by atoms with van der Waals surface area (Å²) in [5.74, 6) is -1.32. The van der Waals surface area contributed by atoms with Crippen molar-refractivity contribution < 1.29 is 22.8 Å². The van der Waals surface area contributed by atoms with Gasteiger partial charge in [0.25, 0.3) is 0 Å². The van der Waals surface area contributed by atoms with Gasteiger partial charge in [0.05, 0.1) is 28.9 Å². The summed E-state index contributed by atoms with van der Waals surface area (Å²) in [6.45, 7) is -0.0175. The number of carbonyl (C=O) groups is 2. The summed E-state index contributed by atoms with van der Waals surface area (Å²) in [6.07, 6.45) is -4.34. The minimum absolute atomic E-state index is 0.224. The first-order valence-corrected chi connectivity index (χ1v) is 8.80. The Morgan fingerprint density at radius 2 is 1.82 bits per heavy atom. The monoisotopic (exact) mass is 411 g/mol. The molecule has 28 heavy (non-hydrogen) atoms. The summed E-state index contributed by atoms with van der Waals surface area (Å²) >= 11 is 5.87. The zero-order valence-electron chi connectivity index (χ0n) is 14.6. The molecule has 0 unspecified atom stereocenters. The van der Waals surface area contributed by atoms with E-state index in [0.717, 1.165) is 23.3 Å². The molecule has 0 saturated carbocycles. The molecule has 0 radical (unpaired) electrons. The predicted molar refractivity (Wildman–Crippen MR) is 98.6 cm³/mol. The molecule has 2 aromatic rings. The number of amides is 2. The van der Waals surface area contributed by atoms with Gasteiger partial charge in [-0.15, -0.1) is 0 Å². The molecule has 148 valence electrons. The molecule has 5 nitrogen and oxygen atoms in total. The second-order valence-electron chi connectivity index (χ2n) is 6.50. The number of para-hydroxylation sites is 1. The maximum Gasteiger partial charge on any atom is 0.418 e. The second-order valence-corrected chi connectivity index (χ2v) is 6.91. The van der Waals surface area contributed by atoms with E-state index in [1.807, 2.05) is 24.3 Å². The van der Waals surface area contributed by atoms with E-state index in [4.69, 9.17) is 17.3 Å². The number of anilines is 1. The van der Waals surface area contributed by atoms with Crippen LogP contribution in [-0.2, 0) is 28.7 Å². The SMILES string of the molecule is NC(=O)[C@@H]1Cc2ccccc2CN1CC(=O)Nc1c(Cl)cccc1C(F)(F)F. The first-order valence-electron chi connectivity index (χ1n) is 8.42. The van der Waals surface area contributed by atoms with Crippen molar-refractivity contribution in [3.05, 3.63) is 64.2 Å². The number of nitrogens with zero attached hydrogens (tertiary/aromatic N) is 1. The van der Waals surface area contributed by atoms with Crippen LogP contribution in [-0.4, -0.2) is 29.3 Å². The number of nitrogens with one attached hydrogen (secondary N) is 1. The van der Waals surface area contributed by atoms with Gasteiger partial charge in [-0.3, -0.25) is 14.5 Å². The number of primary amides is 1. The number of hydrogen-bond acceptors (Lipinski definition) is 3. The fourth-order valence-electron chi connectivity index (χ4n) is 3.27. The average Bonchev–Trinajstić information content (AvgIpc) is 2.61. The molecule has 1 heterocycles. The molecule has 0 bridgehead atoms. The molecule has 3 N–H and O–H groups in total. The molecule has 0 aliphatic carbocycles. The fraction of sp³-hybridized carbons (Fsp3) is 0.263. The van der Waals surface area contributed by atoms with Crippen molar-refractivity contribution >= 4 is 29.1 Å². The normalized spacial score (nSPS) is 17.1. The molecular formula is C19H17ClF3N3O2. The Kier molecular flexibility index (Phi) is 5.62. The van der Waals surface area contributed by atoms with Gasteiger partial charge in [-0.25, -0.2) is 0 Å². The van der Waals surface area contributed by atoms with Gasteiger partial charge in [-0.1, -0.05) is 41.9 Å². The third kappa shape index (κ3) is 4.28. The summed E-state index contributed by atoms with van der Waals surface area (Å²) in [5, 5.41) is 2.01.